The summed E-state index contributed by atoms with van der Waals surface area (Å²) >= 11 is 3.57. The number of carbonyl (C=O) groups is 1. The van der Waals surface area contributed by atoms with E-state index in [2.05, 4.69) is 35.0 Å². The highest BCUT2D eigenvalue weighted by Crippen LogP contribution is 2.48. The van der Waals surface area contributed by atoms with Crippen molar-refractivity contribution in [1.82, 2.24) is 4.90 Å². The largest absolute Gasteiger partial charge is 0.369 e. The number of guanidine groups is 1. The molecule has 3 N–H and O–H groups in total. The molecule has 1 heterocycles. The van der Waals surface area contributed by atoms with Crippen LogP contribution in [0.4, 0.5) is 8.78 Å². The van der Waals surface area contributed by atoms with Crippen molar-refractivity contribution in [2.24, 2.45) is 16.6 Å². The quantitative estimate of drug-likeness (QED) is 0.602. The van der Waals surface area contributed by atoms with E-state index in [4.69, 9.17) is 15.8 Å². The molecule has 0 aromatic heterocycles. The first-order valence-corrected chi connectivity index (χ1v) is 11.3. The van der Waals surface area contributed by atoms with Crippen molar-refractivity contribution in [2.75, 3.05) is 0 Å². The molecular formula is C22H34BrF2N3O2. The second kappa shape index (κ2) is 11.7. The van der Waals surface area contributed by atoms with Gasteiger partial charge in [-0.25, -0.2) is 4.99 Å². The molecule has 1 aromatic carbocycles. The molecule has 170 valence electrons. The van der Waals surface area contributed by atoms with Crippen molar-refractivity contribution >= 4 is 27.8 Å². The van der Waals surface area contributed by atoms with E-state index >= 15 is 0 Å². The molecule has 30 heavy (non-hydrogen) atoms. The fourth-order valence-corrected chi connectivity index (χ4v) is 4.62. The molecule has 1 fully saturated rings. The molecule has 1 saturated carbocycles. The number of aryl methyl sites for hydroxylation is 1. The number of nitrogens with two attached hydrogens (primary N) is 1. The number of benzene rings is 1. The summed E-state index contributed by atoms with van der Waals surface area (Å²) < 4.78 is 20.8. The molecular weight excluding hydrogens is 456 g/mol. The summed E-state index contributed by atoms with van der Waals surface area (Å²) in [6, 6.07) is 6.14. The lowest BCUT2D eigenvalue weighted by molar-refractivity contribution is -0.135. The summed E-state index contributed by atoms with van der Waals surface area (Å²) in [6.45, 7) is 6.87. The number of hydrogen-bond acceptors (Lipinski definition) is 4. The highest BCUT2D eigenvalue weighted by atomic mass is 79.9. The number of alkyl halides is 2. The Balaban J connectivity index is 0.000000673. The first-order chi connectivity index (χ1) is 14.1. The zero-order valence-corrected chi connectivity index (χ0v) is 20.0. The van der Waals surface area contributed by atoms with Crippen LogP contribution in [0.2, 0.25) is 0 Å². The summed E-state index contributed by atoms with van der Waals surface area (Å²) in [4.78, 5) is 20.1. The molecule has 0 bridgehead atoms. The molecule has 0 radical (unpaired) electrons. The number of amides is 1. The highest BCUT2D eigenvalue weighted by Gasteiger charge is 2.55. The zero-order chi connectivity index (χ0) is 23.1. The minimum Gasteiger partial charge on any atom is -0.369 e. The predicted octanol–water partition coefficient (Wildman–Crippen LogP) is 5.33. The molecule has 1 atom stereocenters. The molecule has 0 spiro atoms. The van der Waals surface area contributed by atoms with Gasteiger partial charge in [-0.2, -0.15) is 8.78 Å². The molecule has 1 aromatic rings. The van der Waals surface area contributed by atoms with Crippen LogP contribution in [0.3, 0.4) is 0 Å². The number of aliphatic imine (C=N–C) groups is 1. The molecule has 2 aliphatic rings. The number of halogens is 3. The summed E-state index contributed by atoms with van der Waals surface area (Å²) in [7, 11) is 0. The monoisotopic (exact) mass is 489 g/mol. The lowest BCUT2D eigenvalue weighted by Crippen LogP contribution is -2.49. The minimum absolute atomic E-state index is 0.0131. The van der Waals surface area contributed by atoms with E-state index in [1.807, 2.05) is 33.8 Å². The lowest BCUT2D eigenvalue weighted by Gasteiger charge is -2.38. The van der Waals surface area contributed by atoms with Crippen molar-refractivity contribution < 1.29 is 18.7 Å². The maximum Gasteiger partial charge on any atom is 0.342 e. The second-order valence-electron chi connectivity index (χ2n) is 7.58. The Morgan fingerprint density at radius 3 is 2.23 bits per heavy atom. The van der Waals surface area contributed by atoms with Gasteiger partial charge in [-0.05, 0) is 62.8 Å². The summed E-state index contributed by atoms with van der Waals surface area (Å²) in [5.41, 5.74) is 7.46. The Labute approximate surface area is 186 Å². The van der Waals surface area contributed by atoms with Crippen molar-refractivity contribution in [2.45, 2.75) is 84.9 Å². The van der Waals surface area contributed by atoms with Gasteiger partial charge in [0.15, 0.2) is 11.5 Å². The maximum atomic E-state index is 13.6. The number of rotatable bonds is 3. The maximum absolute atomic E-state index is 13.6. The number of hydrogen-bond donors (Lipinski definition) is 2. The van der Waals surface area contributed by atoms with Crippen LogP contribution in [0, 0.1) is 12.8 Å². The van der Waals surface area contributed by atoms with E-state index in [1.165, 1.54) is 6.42 Å². The summed E-state index contributed by atoms with van der Waals surface area (Å²) in [6.07, 6.45) is 5.61. The third kappa shape index (κ3) is 5.78. The van der Waals surface area contributed by atoms with Crippen molar-refractivity contribution in [3.63, 3.8) is 0 Å². The summed E-state index contributed by atoms with van der Waals surface area (Å²) in [5.74, 6) is 0.622. The normalized spacial score (nSPS) is 21.8. The molecule has 8 heteroatoms. The smallest absolute Gasteiger partial charge is 0.342 e. The van der Waals surface area contributed by atoms with Gasteiger partial charge in [0.05, 0.1) is 0 Å². The van der Waals surface area contributed by atoms with Gasteiger partial charge in [-0.1, -0.05) is 55.1 Å². The molecule has 1 aliphatic heterocycles. The van der Waals surface area contributed by atoms with E-state index < -0.39 is 12.2 Å². The fraction of sp³-hybridized carbons (Fsp3) is 0.636. The van der Waals surface area contributed by atoms with Crippen LogP contribution in [0.1, 0.15) is 70.9 Å². The second-order valence-corrected chi connectivity index (χ2v) is 8.49. The first-order valence-electron chi connectivity index (χ1n) is 10.5. The SMILES string of the molecule is CC.Cc1ccc(Br)cc1C1(C2CCCCC2)N=C(N)N(C(C)C)C1=O.OC(F)F. The van der Waals surface area contributed by atoms with E-state index in [1.54, 1.807) is 4.90 Å². The first kappa shape index (κ1) is 26.5. The Kier molecular flexibility index (Phi) is 10.4. The van der Waals surface area contributed by atoms with Crippen LogP contribution < -0.4 is 5.73 Å². The Bertz CT molecular complexity index is 734. The Hall–Kier alpha value is -1.54. The van der Waals surface area contributed by atoms with Crippen molar-refractivity contribution in [1.29, 1.82) is 0 Å². The molecule has 1 aliphatic carbocycles. The van der Waals surface area contributed by atoms with Crippen LogP contribution in [0.15, 0.2) is 27.7 Å². The molecule has 5 nitrogen and oxygen atoms in total. The van der Waals surface area contributed by atoms with Gasteiger partial charge in [0.25, 0.3) is 5.91 Å². The van der Waals surface area contributed by atoms with Crippen molar-refractivity contribution in [3.05, 3.63) is 33.8 Å². The number of aliphatic hydroxyl groups is 1. The van der Waals surface area contributed by atoms with Crippen LogP contribution in [-0.2, 0) is 10.3 Å². The fourth-order valence-electron chi connectivity index (χ4n) is 4.26. The predicted molar refractivity (Wildman–Crippen MR) is 120 cm³/mol. The topological polar surface area (TPSA) is 78.9 Å². The molecule has 1 unspecified atom stereocenters. The van der Waals surface area contributed by atoms with E-state index in [0.717, 1.165) is 41.3 Å². The lowest BCUT2D eigenvalue weighted by atomic mass is 9.70. The van der Waals surface area contributed by atoms with Gasteiger partial charge in [-0.3, -0.25) is 9.69 Å². The number of aliphatic hydroxyl groups excluding tert-OH is 1. The molecule has 1 amide bonds. The number of carbonyl (C=O) groups excluding carboxylic acids is 1. The van der Waals surface area contributed by atoms with Crippen LogP contribution in [-0.4, -0.2) is 34.5 Å². The van der Waals surface area contributed by atoms with Gasteiger partial charge in [-0.15, -0.1) is 0 Å². The molecule has 0 saturated heterocycles. The average Bonchev–Trinajstić information content (AvgIpc) is 2.97. The average molecular weight is 490 g/mol. The van der Waals surface area contributed by atoms with Gasteiger partial charge >= 0.3 is 6.61 Å². The number of nitrogens with zero attached hydrogens (tertiary/aromatic N) is 2. The highest BCUT2D eigenvalue weighted by molar-refractivity contribution is 9.10. The Morgan fingerprint density at radius 2 is 1.77 bits per heavy atom. The van der Waals surface area contributed by atoms with Crippen LogP contribution >= 0.6 is 15.9 Å². The van der Waals surface area contributed by atoms with E-state index in [0.29, 0.717) is 5.96 Å². The van der Waals surface area contributed by atoms with E-state index in [9.17, 15) is 13.6 Å². The van der Waals surface area contributed by atoms with Crippen LogP contribution in [0.5, 0.6) is 0 Å². The molecule has 3 rings (SSSR count). The van der Waals surface area contributed by atoms with E-state index in [-0.39, 0.29) is 17.9 Å². The third-order valence-corrected chi connectivity index (χ3v) is 5.90. The van der Waals surface area contributed by atoms with Gasteiger partial charge < -0.3 is 10.8 Å². The standard InChI is InChI=1S/C19H26BrN3O.C2H6.CH2F2O/c1-12(2)23-17(24)19(22-18(23)21,14-7-5-4-6-8-14)16-11-15(20)10-9-13(16)3;1-2;2-1(3)4/h9-12,14H,4-8H2,1-3H3,(H2,21,22);1-2H3;1,4H. The Morgan fingerprint density at radius 1 is 1.23 bits per heavy atom. The van der Waals surface area contributed by atoms with Gasteiger partial charge in [0.1, 0.15) is 0 Å². The third-order valence-electron chi connectivity index (χ3n) is 5.41. The van der Waals surface area contributed by atoms with Crippen LogP contribution in [0.25, 0.3) is 0 Å². The summed E-state index contributed by atoms with van der Waals surface area (Å²) in [5, 5.41) is 6.72. The minimum atomic E-state index is -3.17. The zero-order valence-electron chi connectivity index (χ0n) is 18.5. The van der Waals surface area contributed by atoms with Gasteiger partial charge in [0, 0.05) is 10.5 Å². The van der Waals surface area contributed by atoms with Gasteiger partial charge in [0.2, 0.25) is 0 Å². The van der Waals surface area contributed by atoms with Crippen molar-refractivity contribution in [3.8, 4) is 0 Å².